The third kappa shape index (κ3) is 3.32. The van der Waals surface area contributed by atoms with Crippen LogP contribution in [0, 0.1) is 13.8 Å². The molecule has 1 heterocycles. The average Bonchev–Trinajstić information content (AvgIpc) is 2.70. The number of nitrogens with one attached hydrogen (secondary N) is 1. The minimum absolute atomic E-state index is 0.0388. The molecular formula is C15H16Cl3NS. The Morgan fingerprint density at radius 1 is 1.05 bits per heavy atom. The van der Waals surface area contributed by atoms with Gasteiger partial charge in [-0.1, -0.05) is 47.8 Å². The van der Waals surface area contributed by atoms with E-state index in [0.29, 0.717) is 8.67 Å². The molecule has 1 aromatic heterocycles. The lowest BCUT2D eigenvalue weighted by molar-refractivity contribution is 0.632. The van der Waals surface area contributed by atoms with Gasteiger partial charge in [0, 0.05) is 10.6 Å². The van der Waals surface area contributed by atoms with Crippen molar-refractivity contribution < 1.29 is 0 Å². The van der Waals surface area contributed by atoms with Gasteiger partial charge >= 0.3 is 0 Å². The molecule has 0 spiro atoms. The van der Waals surface area contributed by atoms with Crippen molar-refractivity contribution in [2.75, 3.05) is 6.54 Å². The summed E-state index contributed by atoms with van der Waals surface area (Å²) in [5, 5.41) is 4.18. The summed E-state index contributed by atoms with van der Waals surface area (Å²) in [6.07, 6.45) is 0. The van der Waals surface area contributed by atoms with E-state index >= 15 is 0 Å². The molecule has 2 aromatic rings. The fourth-order valence-corrected chi connectivity index (χ4v) is 4.03. The van der Waals surface area contributed by atoms with Crippen molar-refractivity contribution in [1.82, 2.24) is 5.32 Å². The van der Waals surface area contributed by atoms with Crippen LogP contribution in [0.15, 0.2) is 18.2 Å². The van der Waals surface area contributed by atoms with Crippen molar-refractivity contribution in [2.45, 2.75) is 26.8 Å². The fraction of sp³-hybridized carbons (Fsp3) is 0.333. The lowest BCUT2D eigenvalue weighted by Crippen LogP contribution is -2.22. The zero-order chi connectivity index (χ0) is 14.9. The van der Waals surface area contributed by atoms with E-state index in [-0.39, 0.29) is 6.04 Å². The maximum absolute atomic E-state index is 6.43. The fourth-order valence-electron chi connectivity index (χ4n) is 2.17. The molecular weight excluding hydrogens is 333 g/mol. The number of thiophene rings is 1. The molecule has 1 N–H and O–H groups in total. The first-order valence-electron chi connectivity index (χ1n) is 6.38. The molecule has 5 heteroatoms. The summed E-state index contributed by atoms with van der Waals surface area (Å²) in [4.78, 5) is 0. The minimum Gasteiger partial charge on any atom is -0.306 e. The minimum atomic E-state index is -0.0388. The lowest BCUT2D eigenvalue weighted by Gasteiger charge is -2.20. The molecule has 2 rings (SSSR count). The standard InChI is InChI=1S/C15H16Cl3NS/c1-4-19-14(11-7-13(17)20-15(11)18)10-5-8(2)9(3)6-12(10)16/h5-7,14,19H,4H2,1-3H3. The van der Waals surface area contributed by atoms with Gasteiger partial charge in [-0.2, -0.15) is 0 Å². The van der Waals surface area contributed by atoms with Crippen molar-refractivity contribution >= 4 is 46.1 Å². The molecule has 0 saturated heterocycles. The van der Waals surface area contributed by atoms with E-state index in [9.17, 15) is 0 Å². The summed E-state index contributed by atoms with van der Waals surface area (Å²) in [7, 11) is 0. The highest BCUT2D eigenvalue weighted by Crippen LogP contribution is 2.39. The van der Waals surface area contributed by atoms with Crippen LogP contribution in [0.5, 0.6) is 0 Å². The van der Waals surface area contributed by atoms with Crippen molar-refractivity contribution in [2.24, 2.45) is 0 Å². The van der Waals surface area contributed by atoms with E-state index in [4.69, 9.17) is 34.8 Å². The summed E-state index contributed by atoms with van der Waals surface area (Å²) in [5.41, 5.74) is 4.41. The summed E-state index contributed by atoms with van der Waals surface area (Å²) in [6, 6.07) is 5.99. The Morgan fingerprint density at radius 2 is 1.70 bits per heavy atom. The van der Waals surface area contributed by atoms with Crippen LogP contribution in [-0.4, -0.2) is 6.54 Å². The number of benzene rings is 1. The molecule has 0 bridgehead atoms. The van der Waals surface area contributed by atoms with Crippen LogP contribution in [-0.2, 0) is 0 Å². The monoisotopic (exact) mass is 347 g/mol. The number of rotatable bonds is 4. The van der Waals surface area contributed by atoms with Gasteiger partial charge in [-0.05, 0) is 49.2 Å². The van der Waals surface area contributed by atoms with Gasteiger partial charge < -0.3 is 5.32 Å². The highest BCUT2D eigenvalue weighted by molar-refractivity contribution is 7.20. The first-order chi connectivity index (χ1) is 9.43. The lowest BCUT2D eigenvalue weighted by atomic mass is 9.97. The largest absolute Gasteiger partial charge is 0.306 e. The van der Waals surface area contributed by atoms with Crippen molar-refractivity contribution in [1.29, 1.82) is 0 Å². The Kier molecular flexibility index (Phi) is 5.38. The predicted octanol–water partition coefficient (Wildman–Crippen LogP) is 6.02. The van der Waals surface area contributed by atoms with Crippen LogP contribution in [0.3, 0.4) is 0 Å². The number of hydrogen-bond donors (Lipinski definition) is 1. The molecule has 1 nitrogen and oxygen atoms in total. The third-order valence-electron chi connectivity index (χ3n) is 3.33. The van der Waals surface area contributed by atoms with E-state index < -0.39 is 0 Å². The Bertz CT molecular complexity index is 622. The highest BCUT2D eigenvalue weighted by Gasteiger charge is 2.21. The Balaban J connectivity index is 2.54. The Labute approximate surface area is 138 Å². The third-order valence-corrected chi connectivity index (χ3v) is 5.17. The topological polar surface area (TPSA) is 12.0 Å². The summed E-state index contributed by atoms with van der Waals surface area (Å²) < 4.78 is 1.39. The summed E-state index contributed by atoms with van der Waals surface area (Å²) in [5.74, 6) is 0. The first kappa shape index (κ1) is 16.1. The first-order valence-corrected chi connectivity index (χ1v) is 8.33. The number of aryl methyl sites for hydroxylation is 2. The smallest absolute Gasteiger partial charge is 0.0995 e. The average molecular weight is 349 g/mol. The summed E-state index contributed by atoms with van der Waals surface area (Å²) in [6.45, 7) is 7.02. The molecule has 0 saturated carbocycles. The molecule has 0 fully saturated rings. The molecule has 1 aromatic carbocycles. The second-order valence-corrected chi connectivity index (χ2v) is 7.42. The van der Waals surface area contributed by atoms with Crippen LogP contribution in [0.2, 0.25) is 13.7 Å². The van der Waals surface area contributed by atoms with Crippen LogP contribution < -0.4 is 5.32 Å². The van der Waals surface area contributed by atoms with Gasteiger partial charge in [-0.25, -0.2) is 0 Å². The molecule has 1 atom stereocenters. The normalized spacial score (nSPS) is 12.7. The molecule has 0 aliphatic carbocycles. The van der Waals surface area contributed by atoms with Crippen LogP contribution in [0.1, 0.15) is 35.2 Å². The molecule has 0 aliphatic rings. The molecule has 0 amide bonds. The van der Waals surface area contributed by atoms with E-state index in [1.807, 2.05) is 12.1 Å². The van der Waals surface area contributed by atoms with Crippen LogP contribution >= 0.6 is 46.1 Å². The predicted molar refractivity (Wildman–Crippen MR) is 90.8 cm³/mol. The molecule has 0 aliphatic heterocycles. The Morgan fingerprint density at radius 3 is 2.25 bits per heavy atom. The second kappa shape index (κ2) is 6.67. The highest BCUT2D eigenvalue weighted by atomic mass is 35.5. The van der Waals surface area contributed by atoms with Crippen LogP contribution in [0.25, 0.3) is 0 Å². The van der Waals surface area contributed by atoms with Crippen molar-refractivity contribution in [3.05, 3.63) is 54.1 Å². The van der Waals surface area contributed by atoms with Crippen molar-refractivity contribution in [3.63, 3.8) is 0 Å². The van der Waals surface area contributed by atoms with Gasteiger partial charge in [-0.3, -0.25) is 0 Å². The van der Waals surface area contributed by atoms with E-state index in [1.54, 1.807) is 0 Å². The van der Waals surface area contributed by atoms with Gasteiger partial charge in [0.15, 0.2) is 0 Å². The second-order valence-electron chi connectivity index (χ2n) is 4.73. The number of hydrogen-bond acceptors (Lipinski definition) is 2. The Hall–Kier alpha value is -0.250. The van der Waals surface area contributed by atoms with E-state index in [0.717, 1.165) is 22.7 Å². The maximum Gasteiger partial charge on any atom is 0.0995 e. The van der Waals surface area contributed by atoms with Gasteiger partial charge in [0.25, 0.3) is 0 Å². The number of halogens is 3. The molecule has 108 valence electrons. The molecule has 0 radical (unpaired) electrons. The quantitative estimate of drug-likeness (QED) is 0.712. The molecule has 1 unspecified atom stereocenters. The van der Waals surface area contributed by atoms with Gasteiger partial charge in [0.2, 0.25) is 0 Å². The van der Waals surface area contributed by atoms with Gasteiger partial charge in [0.05, 0.1) is 14.7 Å². The van der Waals surface area contributed by atoms with Gasteiger partial charge in [0.1, 0.15) is 0 Å². The van der Waals surface area contributed by atoms with Gasteiger partial charge in [-0.15, -0.1) is 11.3 Å². The van der Waals surface area contributed by atoms with Crippen LogP contribution in [0.4, 0.5) is 0 Å². The van der Waals surface area contributed by atoms with E-state index in [1.165, 1.54) is 22.5 Å². The maximum atomic E-state index is 6.43. The van der Waals surface area contributed by atoms with E-state index in [2.05, 4.69) is 32.2 Å². The zero-order valence-corrected chi connectivity index (χ0v) is 14.6. The molecule has 20 heavy (non-hydrogen) atoms. The van der Waals surface area contributed by atoms with Crippen molar-refractivity contribution in [3.8, 4) is 0 Å². The summed E-state index contributed by atoms with van der Waals surface area (Å²) >= 11 is 20.2. The zero-order valence-electron chi connectivity index (χ0n) is 11.6. The SMILES string of the molecule is CCNC(c1cc(C)c(C)cc1Cl)c1cc(Cl)sc1Cl.